The summed E-state index contributed by atoms with van der Waals surface area (Å²) < 4.78 is 11.7. The van der Waals surface area contributed by atoms with Crippen LogP contribution in [0.2, 0.25) is 0 Å². The Labute approximate surface area is 148 Å². The molecule has 126 valence electrons. The molecule has 8 heteroatoms. The van der Waals surface area contributed by atoms with Crippen LogP contribution in [0.3, 0.4) is 0 Å². The van der Waals surface area contributed by atoms with Crippen LogP contribution in [-0.4, -0.2) is 47.2 Å². The molecule has 0 spiro atoms. The third-order valence-electron chi connectivity index (χ3n) is 3.65. The van der Waals surface area contributed by atoms with Gasteiger partial charge in [0.2, 0.25) is 0 Å². The maximum Gasteiger partial charge on any atom is 0.322 e. The van der Waals surface area contributed by atoms with Crippen molar-refractivity contribution in [3.63, 3.8) is 0 Å². The highest BCUT2D eigenvalue weighted by molar-refractivity contribution is 9.10. The number of benzene rings is 1. The summed E-state index contributed by atoms with van der Waals surface area (Å²) in [5.41, 5.74) is 0.644. The van der Waals surface area contributed by atoms with E-state index in [-0.39, 0.29) is 12.1 Å². The van der Waals surface area contributed by atoms with E-state index in [1.165, 1.54) is 0 Å². The van der Waals surface area contributed by atoms with Gasteiger partial charge in [-0.15, -0.1) is 0 Å². The number of aromatic nitrogens is 2. The van der Waals surface area contributed by atoms with Gasteiger partial charge >= 0.3 is 12.0 Å². The third kappa shape index (κ3) is 3.94. The van der Waals surface area contributed by atoms with Gasteiger partial charge in [0.05, 0.1) is 23.8 Å². The monoisotopic (exact) mass is 392 g/mol. The number of carbonyl (C=O) groups excluding carboxylic acids is 1. The van der Waals surface area contributed by atoms with E-state index in [0.717, 1.165) is 10.9 Å². The highest BCUT2D eigenvalue weighted by atomic mass is 79.9. The van der Waals surface area contributed by atoms with Crippen molar-refractivity contribution in [3.05, 3.63) is 41.1 Å². The lowest BCUT2D eigenvalue weighted by molar-refractivity contribution is 0.183. The van der Waals surface area contributed by atoms with Crippen molar-refractivity contribution >= 4 is 27.6 Å². The van der Waals surface area contributed by atoms with Crippen molar-refractivity contribution in [1.29, 1.82) is 0 Å². The average molecular weight is 393 g/mol. The van der Waals surface area contributed by atoms with Crippen LogP contribution in [-0.2, 0) is 0 Å². The summed E-state index contributed by atoms with van der Waals surface area (Å²) in [6, 6.07) is 7.44. The molecule has 7 nitrogen and oxygen atoms in total. The first kappa shape index (κ1) is 16.5. The van der Waals surface area contributed by atoms with E-state index in [1.807, 2.05) is 12.1 Å². The van der Waals surface area contributed by atoms with E-state index in [4.69, 9.17) is 9.47 Å². The van der Waals surface area contributed by atoms with Crippen molar-refractivity contribution in [3.8, 4) is 11.8 Å². The Morgan fingerprint density at radius 1 is 1.33 bits per heavy atom. The van der Waals surface area contributed by atoms with Crippen LogP contribution < -0.4 is 14.8 Å². The number of rotatable bonds is 4. The number of hydrogen-bond donors (Lipinski definition) is 1. The smallest absolute Gasteiger partial charge is 0.322 e. The van der Waals surface area contributed by atoms with Gasteiger partial charge in [-0.05, 0) is 28.1 Å². The number of methoxy groups -OCH3 is 1. The van der Waals surface area contributed by atoms with Crippen molar-refractivity contribution in [2.75, 3.05) is 25.5 Å². The van der Waals surface area contributed by atoms with Crippen LogP contribution in [0.4, 0.5) is 10.5 Å². The fourth-order valence-electron chi connectivity index (χ4n) is 2.46. The third-order valence-corrected chi connectivity index (χ3v) is 4.06. The second-order valence-electron chi connectivity index (χ2n) is 5.29. The maximum absolute atomic E-state index is 12.4. The molecule has 0 radical (unpaired) electrons. The summed E-state index contributed by atoms with van der Waals surface area (Å²) in [7, 11) is 1.57. The normalized spacial score (nSPS) is 16.8. The zero-order valence-electron chi connectivity index (χ0n) is 13.1. The molecule has 1 aliphatic rings. The van der Waals surface area contributed by atoms with Gasteiger partial charge in [-0.1, -0.05) is 12.1 Å². The maximum atomic E-state index is 12.4. The quantitative estimate of drug-likeness (QED) is 0.865. The largest absolute Gasteiger partial charge is 0.495 e. The first-order valence-electron chi connectivity index (χ1n) is 7.49. The number of ether oxygens (including phenoxy) is 2. The number of likely N-dealkylation sites (tertiary alicyclic amines) is 1. The lowest BCUT2D eigenvalue weighted by Gasteiger charge is -2.18. The molecule has 0 bridgehead atoms. The van der Waals surface area contributed by atoms with E-state index >= 15 is 0 Å². The molecule has 1 N–H and O–H groups in total. The Bertz CT molecular complexity index is 711. The molecule has 1 atom stereocenters. The minimum Gasteiger partial charge on any atom is -0.495 e. The number of hydrogen-bond acceptors (Lipinski definition) is 5. The lowest BCUT2D eigenvalue weighted by atomic mass is 10.3. The van der Waals surface area contributed by atoms with Gasteiger partial charge < -0.3 is 19.7 Å². The molecule has 0 aliphatic carbocycles. The number of anilines is 1. The fraction of sp³-hybridized carbons (Fsp3) is 0.312. The number of amides is 2. The first-order valence-corrected chi connectivity index (χ1v) is 8.28. The molecule has 1 aliphatic heterocycles. The van der Waals surface area contributed by atoms with Crippen LogP contribution in [0, 0.1) is 0 Å². The SMILES string of the molecule is COc1ccccc1NC(=O)N1CCC(Oc2ncc(Br)cn2)C1. The molecule has 2 heterocycles. The van der Waals surface area contributed by atoms with Gasteiger partial charge in [0.15, 0.2) is 0 Å². The molecular formula is C16H17BrN4O3. The fourth-order valence-corrected chi connectivity index (χ4v) is 2.67. The molecule has 2 aromatic rings. The van der Waals surface area contributed by atoms with Gasteiger partial charge in [-0.25, -0.2) is 14.8 Å². The van der Waals surface area contributed by atoms with E-state index in [0.29, 0.717) is 30.5 Å². The minimum atomic E-state index is -0.178. The average Bonchev–Trinajstić information content (AvgIpc) is 3.06. The van der Waals surface area contributed by atoms with Crippen molar-refractivity contribution in [2.45, 2.75) is 12.5 Å². The molecule has 0 saturated carbocycles. The van der Waals surface area contributed by atoms with Crippen LogP contribution in [0.15, 0.2) is 41.1 Å². The molecular weight excluding hydrogens is 376 g/mol. The van der Waals surface area contributed by atoms with E-state index in [1.54, 1.807) is 36.5 Å². The number of urea groups is 1. The van der Waals surface area contributed by atoms with Crippen molar-refractivity contribution in [1.82, 2.24) is 14.9 Å². The van der Waals surface area contributed by atoms with Gasteiger partial charge in [-0.2, -0.15) is 0 Å². The van der Waals surface area contributed by atoms with Gasteiger partial charge in [0, 0.05) is 25.4 Å². The Kier molecular flexibility index (Phi) is 5.14. The molecule has 1 aromatic heterocycles. The molecule has 2 amide bonds. The Hall–Kier alpha value is -2.35. The van der Waals surface area contributed by atoms with Crippen LogP contribution >= 0.6 is 15.9 Å². The predicted molar refractivity (Wildman–Crippen MR) is 92.4 cm³/mol. The summed E-state index contributed by atoms with van der Waals surface area (Å²) >= 11 is 3.28. The Balaban J connectivity index is 1.56. The number of nitrogens with one attached hydrogen (secondary N) is 1. The summed E-state index contributed by atoms with van der Waals surface area (Å²) in [5.74, 6) is 0.626. The summed E-state index contributed by atoms with van der Waals surface area (Å²) in [6.45, 7) is 1.10. The zero-order chi connectivity index (χ0) is 16.9. The second-order valence-corrected chi connectivity index (χ2v) is 6.20. The number of halogens is 1. The first-order chi connectivity index (χ1) is 11.7. The summed E-state index contributed by atoms with van der Waals surface area (Å²) in [4.78, 5) is 22.3. The molecule has 1 aromatic carbocycles. The molecule has 24 heavy (non-hydrogen) atoms. The predicted octanol–water partition coefficient (Wildman–Crippen LogP) is 2.93. The van der Waals surface area contributed by atoms with Crippen LogP contribution in [0.1, 0.15) is 6.42 Å². The topological polar surface area (TPSA) is 76.6 Å². The van der Waals surface area contributed by atoms with Gasteiger partial charge in [0.1, 0.15) is 11.9 Å². The van der Waals surface area contributed by atoms with Crippen molar-refractivity contribution < 1.29 is 14.3 Å². The number of carbonyl (C=O) groups is 1. The number of nitrogens with zero attached hydrogens (tertiary/aromatic N) is 3. The number of para-hydroxylation sites is 2. The lowest BCUT2D eigenvalue weighted by Crippen LogP contribution is -2.34. The van der Waals surface area contributed by atoms with Crippen molar-refractivity contribution in [2.24, 2.45) is 0 Å². The molecule has 1 saturated heterocycles. The van der Waals surface area contributed by atoms with Gasteiger partial charge in [0.25, 0.3) is 0 Å². The molecule has 1 fully saturated rings. The van der Waals surface area contributed by atoms with E-state index in [9.17, 15) is 4.79 Å². The summed E-state index contributed by atoms with van der Waals surface area (Å²) in [6.07, 6.45) is 3.88. The highest BCUT2D eigenvalue weighted by Crippen LogP contribution is 2.24. The standard InChI is InChI=1S/C16H17BrN4O3/c1-23-14-5-3-2-4-13(14)20-16(22)21-7-6-12(10-21)24-15-18-8-11(17)9-19-15/h2-5,8-9,12H,6-7,10H2,1H3,(H,20,22). The Morgan fingerprint density at radius 2 is 2.08 bits per heavy atom. The summed E-state index contributed by atoms with van der Waals surface area (Å²) in [5, 5.41) is 2.86. The minimum absolute atomic E-state index is 0.116. The van der Waals surface area contributed by atoms with Gasteiger partial charge in [-0.3, -0.25) is 0 Å². The Morgan fingerprint density at radius 3 is 2.83 bits per heavy atom. The second kappa shape index (κ2) is 7.48. The van der Waals surface area contributed by atoms with Crippen LogP contribution in [0.25, 0.3) is 0 Å². The van der Waals surface area contributed by atoms with E-state index in [2.05, 4.69) is 31.2 Å². The highest BCUT2D eigenvalue weighted by Gasteiger charge is 2.28. The zero-order valence-corrected chi connectivity index (χ0v) is 14.7. The van der Waals surface area contributed by atoms with Crippen LogP contribution in [0.5, 0.6) is 11.8 Å². The molecule has 1 unspecified atom stereocenters. The van der Waals surface area contributed by atoms with E-state index < -0.39 is 0 Å². The molecule has 3 rings (SSSR count).